The number of methoxy groups -OCH3 is 1. The Morgan fingerprint density at radius 2 is 1.87 bits per heavy atom. The number of halogens is 2. The zero-order valence-electron chi connectivity index (χ0n) is 12.0. The number of nitrogens with zero attached hydrogens (tertiary/aromatic N) is 1. The fourth-order valence-electron chi connectivity index (χ4n) is 2.04. The van der Waals surface area contributed by atoms with E-state index in [1.165, 1.54) is 0 Å². The number of hydrogen-bond acceptors (Lipinski definition) is 4. The average molecular weight is 348 g/mol. The number of benzene rings is 2. The topological polar surface area (TPSA) is 47.9 Å². The van der Waals surface area contributed by atoms with Crippen molar-refractivity contribution in [2.75, 3.05) is 7.11 Å². The smallest absolute Gasteiger partial charge is 0.363 e. The summed E-state index contributed by atoms with van der Waals surface area (Å²) in [5.41, 5.74) is 1.48. The molecule has 0 bridgehead atoms. The average Bonchev–Trinajstić information content (AvgIpc) is 2.91. The molecule has 1 heterocycles. The summed E-state index contributed by atoms with van der Waals surface area (Å²) < 4.78 is 10.3. The van der Waals surface area contributed by atoms with Crippen molar-refractivity contribution < 1.29 is 14.3 Å². The molecule has 6 heteroatoms. The first-order valence-electron chi connectivity index (χ1n) is 6.69. The monoisotopic (exact) mass is 347 g/mol. The molecular weight excluding hydrogens is 337 g/mol. The van der Waals surface area contributed by atoms with Crippen LogP contribution >= 0.6 is 23.2 Å². The first-order valence-corrected chi connectivity index (χ1v) is 7.44. The maximum Gasteiger partial charge on any atom is 0.363 e. The number of ether oxygens (including phenoxy) is 2. The van der Waals surface area contributed by atoms with Crippen LogP contribution in [0.4, 0.5) is 0 Å². The molecule has 0 unspecified atom stereocenters. The van der Waals surface area contributed by atoms with Gasteiger partial charge in [0.15, 0.2) is 5.70 Å². The Bertz CT molecular complexity index is 826. The van der Waals surface area contributed by atoms with Gasteiger partial charge in [0, 0.05) is 5.02 Å². The summed E-state index contributed by atoms with van der Waals surface area (Å²) >= 11 is 12.0. The van der Waals surface area contributed by atoms with Crippen molar-refractivity contribution >= 4 is 41.1 Å². The van der Waals surface area contributed by atoms with Crippen LogP contribution in [0.5, 0.6) is 5.75 Å². The highest BCUT2D eigenvalue weighted by Crippen LogP contribution is 2.26. The van der Waals surface area contributed by atoms with Gasteiger partial charge in [-0.15, -0.1) is 0 Å². The maximum atomic E-state index is 12.0. The number of esters is 1. The van der Waals surface area contributed by atoms with Gasteiger partial charge in [0.25, 0.3) is 0 Å². The van der Waals surface area contributed by atoms with E-state index in [1.54, 1.807) is 43.5 Å². The SMILES string of the molecule is COc1ccc(/C=C2\N=C(c3cc(Cl)ccc3Cl)OC2=O)cc1. The second kappa shape index (κ2) is 6.44. The van der Waals surface area contributed by atoms with Gasteiger partial charge >= 0.3 is 5.97 Å². The summed E-state index contributed by atoms with van der Waals surface area (Å²) in [7, 11) is 1.59. The summed E-state index contributed by atoms with van der Waals surface area (Å²) in [6, 6.07) is 12.1. The van der Waals surface area contributed by atoms with Crippen molar-refractivity contribution in [2.45, 2.75) is 0 Å². The highest BCUT2D eigenvalue weighted by molar-refractivity contribution is 6.36. The van der Waals surface area contributed by atoms with Gasteiger partial charge in [-0.25, -0.2) is 9.79 Å². The molecule has 3 rings (SSSR count). The summed E-state index contributed by atoms with van der Waals surface area (Å²) in [4.78, 5) is 16.2. The molecule has 0 N–H and O–H groups in total. The van der Waals surface area contributed by atoms with Crippen LogP contribution in [0.1, 0.15) is 11.1 Å². The normalized spacial score (nSPS) is 15.5. The summed E-state index contributed by atoms with van der Waals surface area (Å²) in [6.45, 7) is 0. The highest BCUT2D eigenvalue weighted by atomic mass is 35.5. The van der Waals surface area contributed by atoms with Gasteiger partial charge in [0.1, 0.15) is 5.75 Å². The molecule has 2 aromatic rings. The molecule has 0 aromatic heterocycles. The third kappa shape index (κ3) is 3.38. The van der Waals surface area contributed by atoms with E-state index in [-0.39, 0.29) is 11.6 Å². The van der Waals surface area contributed by atoms with Gasteiger partial charge in [-0.05, 0) is 42.0 Å². The van der Waals surface area contributed by atoms with Crippen LogP contribution in [0.25, 0.3) is 6.08 Å². The van der Waals surface area contributed by atoms with Crippen LogP contribution in [-0.2, 0) is 9.53 Å². The minimum Gasteiger partial charge on any atom is -0.497 e. The predicted octanol–water partition coefficient (Wildman–Crippen LogP) is 4.35. The van der Waals surface area contributed by atoms with Crippen molar-refractivity contribution in [2.24, 2.45) is 4.99 Å². The highest BCUT2D eigenvalue weighted by Gasteiger charge is 2.25. The van der Waals surface area contributed by atoms with Crippen LogP contribution in [-0.4, -0.2) is 19.0 Å². The Balaban J connectivity index is 1.94. The first kappa shape index (κ1) is 15.6. The molecule has 0 radical (unpaired) electrons. The fourth-order valence-corrected chi connectivity index (χ4v) is 2.41. The van der Waals surface area contributed by atoms with Crippen molar-refractivity contribution in [3.05, 3.63) is 69.3 Å². The number of aliphatic imine (C=N–C) groups is 1. The fraction of sp³-hybridized carbons (Fsp3) is 0.0588. The van der Waals surface area contributed by atoms with Gasteiger partial charge in [-0.3, -0.25) is 0 Å². The summed E-state index contributed by atoms with van der Waals surface area (Å²) in [6.07, 6.45) is 1.63. The van der Waals surface area contributed by atoms with E-state index < -0.39 is 5.97 Å². The van der Waals surface area contributed by atoms with E-state index in [4.69, 9.17) is 32.7 Å². The lowest BCUT2D eigenvalue weighted by molar-refractivity contribution is -0.129. The van der Waals surface area contributed by atoms with Gasteiger partial charge in [0.05, 0.1) is 17.7 Å². The number of cyclic esters (lactones) is 1. The molecule has 0 spiro atoms. The van der Waals surface area contributed by atoms with Crippen LogP contribution < -0.4 is 4.74 Å². The molecular formula is C17H11Cl2NO3. The molecule has 0 fully saturated rings. The van der Waals surface area contributed by atoms with E-state index in [1.807, 2.05) is 12.1 Å². The second-order valence-electron chi connectivity index (χ2n) is 4.73. The molecule has 0 aliphatic carbocycles. The quantitative estimate of drug-likeness (QED) is 0.612. The third-order valence-electron chi connectivity index (χ3n) is 3.20. The van der Waals surface area contributed by atoms with Crippen molar-refractivity contribution in [1.82, 2.24) is 0 Å². The van der Waals surface area contributed by atoms with E-state index in [0.29, 0.717) is 15.6 Å². The molecule has 116 valence electrons. The Morgan fingerprint density at radius 3 is 2.57 bits per heavy atom. The number of hydrogen-bond donors (Lipinski definition) is 0. The van der Waals surface area contributed by atoms with Crippen LogP contribution in [0.3, 0.4) is 0 Å². The van der Waals surface area contributed by atoms with Gasteiger partial charge in [0.2, 0.25) is 5.90 Å². The third-order valence-corrected chi connectivity index (χ3v) is 3.76. The molecule has 1 aliphatic heterocycles. The molecule has 0 saturated heterocycles. The molecule has 2 aromatic carbocycles. The molecule has 4 nitrogen and oxygen atoms in total. The van der Waals surface area contributed by atoms with E-state index in [9.17, 15) is 4.79 Å². The van der Waals surface area contributed by atoms with Crippen LogP contribution in [0.2, 0.25) is 10.0 Å². The molecule has 0 atom stereocenters. The first-order chi connectivity index (χ1) is 11.1. The summed E-state index contributed by atoms with van der Waals surface area (Å²) in [5, 5.41) is 0.891. The Kier molecular flexibility index (Phi) is 4.37. The zero-order chi connectivity index (χ0) is 16.4. The van der Waals surface area contributed by atoms with Crippen molar-refractivity contribution in [3.8, 4) is 5.75 Å². The molecule has 0 amide bonds. The second-order valence-corrected chi connectivity index (χ2v) is 5.58. The van der Waals surface area contributed by atoms with Crippen LogP contribution in [0.15, 0.2) is 53.2 Å². The standard InChI is InChI=1S/C17H11Cl2NO3/c1-22-12-5-2-10(3-6-12)8-15-17(21)23-16(20-15)13-9-11(18)4-7-14(13)19/h2-9H,1H3/b15-8-. The van der Waals surface area contributed by atoms with Gasteiger partial charge in [-0.2, -0.15) is 0 Å². The Hall–Kier alpha value is -2.30. The lowest BCUT2D eigenvalue weighted by atomic mass is 10.2. The van der Waals surface area contributed by atoms with Gasteiger partial charge in [-0.1, -0.05) is 35.3 Å². The van der Waals surface area contributed by atoms with Crippen molar-refractivity contribution in [3.63, 3.8) is 0 Å². The maximum absolute atomic E-state index is 12.0. The lowest BCUT2D eigenvalue weighted by Crippen LogP contribution is -2.06. The lowest BCUT2D eigenvalue weighted by Gasteiger charge is -2.02. The molecule has 23 heavy (non-hydrogen) atoms. The Labute approximate surface area is 143 Å². The minimum absolute atomic E-state index is 0.141. The summed E-state index contributed by atoms with van der Waals surface area (Å²) in [5.74, 6) is 0.338. The Morgan fingerprint density at radius 1 is 1.13 bits per heavy atom. The number of rotatable bonds is 3. The minimum atomic E-state index is -0.535. The van der Waals surface area contributed by atoms with E-state index in [2.05, 4.69) is 4.99 Å². The van der Waals surface area contributed by atoms with Crippen molar-refractivity contribution in [1.29, 1.82) is 0 Å². The largest absolute Gasteiger partial charge is 0.497 e. The predicted molar refractivity (Wildman–Crippen MR) is 90.1 cm³/mol. The van der Waals surface area contributed by atoms with E-state index >= 15 is 0 Å². The van der Waals surface area contributed by atoms with Gasteiger partial charge < -0.3 is 9.47 Å². The zero-order valence-corrected chi connectivity index (χ0v) is 13.6. The van der Waals surface area contributed by atoms with Crippen LogP contribution in [0, 0.1) is 0 Å². The molecule has 1 aliphatic rings. The van der Waals surface area contributed by atoms with E-state index in [0.717, 1.165) is 11.3 Å². The molecule has 0 saturated carbocycles. The number of carbonyl (C=O) groups is 1. The number of carbonyl (C=O) groups excluding carboxylic acids is 1.